The average molecular weight is 265 g/mol. The first kappa shape index (κ1) is 14.3. The quantitative estimate of drug-likeness (QED) is 0.658. The fourth-order valence-corrected chi connectivity index (χ4v) is 2.01. The second-order valence-electron chi connectivity index (χ2n) is 5.29. The van der Waals surface area contributed by atoms with Crippen LogP contribution in [0.1, 0.15) is 18.4 Å². The van der Waals surface area contributed by atoms with E-state index in [2.05, 4.69) is 5.32 Å². The number of para-hydroxylation sites is 1. The molecule has 1 saturated carbocycles. The lowest BCUT2D eigenvalue weighted by Crippen LogP contribution is -2.36. The Morgan fingerprint density at radius 1 is 1.26 bits per heavy atom. The molecule has 1 aromatic carbocycles. The van der Waals surface area contributed by atoms with Crippen LogP contribution in [-0.2, 0) is 0 Å². The van der Waals surface area contributed by atoms with Crippen LogP contribution in [0.25, 0.3) is 0 Å². The second-order valence-corrected chi connectivity index (χ2v) is 5.29. The second kappa shape index (κ2) is 6.89. The standard InChI is InChI=1S/C15H23NO3/c1-11-4-2-3-5-15(11)19-10-13(17)8-16-9-14(18)12-6-7-12/h2-5,12-14,16-18H,6-10H2,1H3. The Bertz CT molecular complexity index is 393. The van der Waals surface area contributed by atoms with Gasteiger partial charge in [-0.15, -0.1) is 0 Å². The molecule has 1 fully saturated rings. The average Bonchev–Trinajstić information content (AvgIpc) is 3.22. The van der Waals surface area contributed by atoms with E-state index in [1.807, 2.05) is 31.2 Å². The summed E-state index contributed by atoms with van der Waals surface area (Å²) in [5, 5.41) is 22.5. The number of hydrogen-bond acceptors (Lipinski definition) is 4. The number of nitrogens with one attached hydrogen (secondary N) is 1. The van der Waals surface area contributed by atoms with E-state index in [0.717, 1.165) is 24.2 Å². The predicted molar refractivity (Wildman–Crippen MR) is 74.3 cm³/mol. The van der Waals surface area contributed by atoms with Crippen LogP contribution in [0.4, 0.5) is 0 Å². The minimum Gasteiger partial charge on any atom is -0.491 e. The highest BCUT2D eigenvalue weighted by molar-refractivity contribution is 5.31. The Kier molecular flexibility index (Phi) is 5.19. The largest absolute Gasteiger partial charge is 0.491 e. The van der Waals surface area contributed by atoms with Crippen LogP contribution >= 0.6 is 0 Å². The molecule has 2 rings (SSSR count). The number of rotatable bonds is 8. The van der Waals surface area contributed by atoms with Crippen molar-refractivity contribution in [2.24, 2.45) is 5.92 Å². The third-order valence-corrected chi connectivity index (χ3v) is 3.42. The van der Waals surface area contributed by atoms with Crippen molar-refractivity contribution >= 4 is 0 Å². The first-order valence-electron chi connectivity index (χ1n) is 6.92. The highest BCUT2D eigenvalue weighted by Crippen LogP contribution is 2.32. The molecule has 2 atom stereocenters. The van der Waals surface area contributed by atoms with Crippen molar-refractivity contribution in [3.63, 3.8) is 0 Å². The molecule has 0 spiro atoms. The number of hydrogen-bond donors (Lipinski definition) is 3. The molecule has 1 aromatic rings. The van der Waals surface area contributed by atoms with Crippen LogP contribution in [0, 0.1) is 12.8 Å². The lowest BCUT2D eigenvalue weighted by molar-refractivity contribution is 0.0963. The fraction of sp³-hybridized carbons (Fsp3) is 0.600. The van der Waals surface area contributed by atoms with Crippen LogP contribution in [0.15, 0.2) is 24.3 Å². The maximum Gasteiger partial charge on any atom is 0.122 e. The number of benzene rings is 1. The van der Waals surface area contributed by atoms with E-state index < -0.39 is 6.10 Å². The van der Waals surface area contributed by atoms with E-state index in [4.69, 9.17) is 4.74 Å². The van der Waals surface area contributed by atoms with Gasteiger partial charge in [-0.1, -0.05) is 18.2 Å². The fourth-order valence-electron chi connectivity index (χ4n) is 2.01. The number of aliphatic hydroxyl groups is 2. The van der Waals surface area contributed by atoms with Crippen molar-refractivity contribution in [3.05, 3.63) is 29.8 Å². The van der Waals surface area contributed by atoms with E-state index >= 15 is 0 Å². The van der Waals surface area contributed by atoms with E-state index in [1.54, 1.807) is 0 Å². The molecule has 0 aromatic heterocycles. The Morgan fingerprint density at radius 3 is 2.68 bits per heavy atom. The zero-order valence-corrected chi connectivity index (χ0v) is 11.4. The maximum atomic E-state index is 9.80. The Hall–Kier alpha value is -1.10. The van der Waals surface area contributed by atoms with Gasteiger partial charge in [0.15, 0.2) is 0 Å². The lowest BCUT2D eigenvalue weighted by atomic mass is 10.2. The molecule has 1 aliphatic rings. The predicted octanol–water partition coefficient (Wildman–Crippen LogP) is 1.10. The molecule has 1 aliphatic carbocycles. The van der Waals surface area contributed by atoms with Gasteiger partial charge in [0.1, 0.15) is 18.5 Å². The van der Waals surface area contributed by atoms with Gasteiger partial charge in [-0.25, -0.2) is 0 Å². The molecule has 3 N–H and O–H groups in total. The molecular weight excluding hydrogens is 242 g/mol. The third-order valence-electron chi connectivity index (χ3n) is 3.42. The van der Waals surface area contributed by atoms with Crippen molar-refractivity contribution in [2.45, 2.75) is 32.0 Å². The zero-order valence-electron chi connectivity index (χ0n) is 11.4. The number of aryl methyl sites for hydroxylation is 1. The van der Waals surface area contributed by atoms with Gasteiger partial charge in [0.25, 0.3) is 0 Å². The van der Waals surface area contributed by atoms with Crippen LogP contribution in [0.3, 0.4) is 0 Å². The van der Waals surface area contributed by atoms with Crippen molar-refractivity contribution in [1.82, 2.24) is 5.32 Å². The Morgan fingerprint density at radius 2 is 2.00 bits per heavy atom. The van der Waals surface area contributed by atoms with E-state index in [-0.39, 0.29) is 12.7 Å². The van der Waals surface area contributed by atoms with Gasteiger partial charge in [-0.2, -0.15) is 0 Å². The van der Waals surface area contributed by atoms with Crippen molar-refractivity contribution in [2.75, 3.05) is 19.7 Å². The van der Waals surface area contributed by atoms with Gasteiger partial charge in [0, 0.05) is 13.1 Å². The summed E-state index contributed by atoms with van der Waals surface area (Å²) in [4.78, 5) is 0. The summed E-state index contributed by atoms with van der Waals surface area (Å²) >= 11 is 0. The summed E-state index contributed by atoms with van der Waals surface area (Å²) in [7, 11) is 0. The van der Waals surface area contributed by atoms with Gasteiger partial charge in [-0.3, -0.25) is 0 Å². The van der Waals surface area contributed by atoms with Gasteiger partial charge < -0.3 is 20.3 Å². The molecule has 106 valence electrons. The highest BCUT2D eigenvalue weighted by atomic mass is 16.5. The molecule has 0 radical (unpaired) electrons. The normalized spacial score (nSPS) is 18.1. The Labute approximate surface area is 114 Å². The lowest BCUT2D eigenvalue weighted by Gasteiger charge is -2.16. The number of ether oxygens (including phenoxy) is 1. The molecule has 19 heavy (non-hydrogen) atoms. The number of aliphatic hydroxyl groups excluding tert-OH is 2. The van der Waals surface area contributed by atoms with Gasteiger partial charge >= 0.3 is 0 Å². The minimum atomic E-state index is -0.564. The molecule has 0 aliphatic heterocycles. The van der Waals surface area contributed by atoms with Crippen LogP contribution in [-0.4, -0.2) is 42.1 Å². The van der Waals surface area contributed by atoms with Crippen molar-refractivity contribution in [1.29, 1.82) is 0 Å². The van der Waals surface area contributed by atoms with E-state index in [1.165, 1.54) is 0 Å². The maximum absolute atomic E-state index is 9.80. The third kappa shape index (κ3) is 4.82. The summed E-state index contributed by atoms with van der Waals surface area (Å²) < 4.78 is 5.56. The van der Waals surface area contributed by atoms with E-state index in [9.17, 15) is 10.2 Å². The topological polar surface area (TPSA) is 61.7 Å². The summed E-state index contributed by atoms with van der Waals surface area (Å²) in [5.74, 6) is 1.27. The van der Waals surface area contributed by atoms with Gasteiger partial charge in [0.2, 0.25) is 0 Å². The van der Waals surface area contributed by atoms with Crippen LogP contribution in [0.2, 0.25) is 0 Å². The molecule has 0 saturated heterocycles. The minimum absolute atomic E-state index is 0.261. The zero-order chi connectivity index (χ0) is 13.7. The summed E-state index contributed by atoms with van der Waals surface area (Å²) in [6, 6.07) is 7.75. The summed E-state index contributed by atoms with van der Waals surface area (Å²) in [6.07, 6.45) is 1.42. The molecule has 0 heterocycles. The SMILES string of the molecule is Cc1ccccc1OCC(O)CNCC(O)C1CC1. The monoisotopic (exact) mass is 265 g/mol. The highest BCUT2D eigenvalue weighted by Gasteiger charge is 2.29. The van der Waals surface area contributed by atoms with Gasteiger partial charge in [0.05, 0.1) is 6.10 Å². The molecule has 2 unspecified atom stereocenters. The summed E-state index contributed by atoms with van der Waals surface area (Å²) in [5.41, 5.74) is 1.06. The molecule has 0 amide bonds. The van der Waals surface area contributed by atoms with Crippen molar-refractivity contribution in [3.8, 4) is 5.75 Å². The summed E-state index contributed by atoms with van der Waals surface area (Å²) in [6.45, 7) is 3.23. The molecule has 4 nitrogen and oxygen atoms in total. The molecular formula is C15H23NO3. The van der Waals surface area contributed by atoms with Crippen molar-refractivity contribution < 1.29 is 14.9 Å². The van der Waals surface area contributed by atoms with Gasteiger partial charge in [-0.05, 0) is 37.3 Å². The molecule has 0 bridgehead atoms. The Balaban J connectivity index is 1.61. The molecule has 4 heteroatoms. The van der Waals surface area contributed by atoms with E-state index in [0.29, 0.717) is 19.0 Å². The first-order chi connectivity index (χ1) is 9.16. The van der Waals surface area contributed by atoms with Crippen LogP contribution in [0.5, 0.6) is 5.75 Å². The first-order valence-corrected chi connectivity index (χ1v) is 6.92. The van der Waals surface area contributed by atoms with Crippen LogP contribution < -0.4 is 10.1 Å². The smallest absolute Gasteiger partial charge is 0.122 e.